The van der Waals surface area contributed by atoms with Crippen molar-refractivity contribution >= 4 is 21.8 Å². The number of nitrogens with one attached hydrogen (secondary N) is 2. The monoisotopic (exact) mass is 463 g/mol. The van der Waals surface area contributed by atoms with Crippen molar-refractivity contribution in [1.82, 2.24) is 15.2 Å². The van der Waals surface area contributed by atoms with Gasteiger partial charge in [0.2, 0.25) is 5.91 Å². The molecule has 2 aromatic rings. The van der Waals surface area contributed by atoms with Crippen LogP contribution in [0.25, 0.3) is 0 Å². The van der Waals surface area contributed by atoms with Crippen LogP contribution in [0.3, 0.4) is 0 Å². The van der Waals surface area contributed by atoms with Crippen molar-refractivity contribution in [3.8, 4) is 5.75 Å². The molecule has 1 aromatic carbocycles. The number of hydrogen-bond acceptors (Lipinski definition) is 5. The SMILES string of the molecule is C[C@@H](CS(=O)(=O)Cc1c[nH]c(CN2CC(=O)NC2=O)c1)c1ccc(F)c(OCC2CC2)c1. The molecule has 1 aliphatic carbocycles. The van der Waals surface area contributed by atoms with E-state index in [1.165, 1.54) is 11.0 Å². The lowest BCUT2D eigenvalue weighted by Gasteiger charge is -2.15. The quantitative estimate of drug-likeness (QED) is 0.527. The number of carbonyl (C=O) groups excluding carboxylic acids is 2. The van der Waals surface area contributed by atoms with Crippen molar-refractivity contribution in [2.24, 2.45) is 5.92 Å². The highest BCUT2D eigenvalue weighted by Crippen LogP contribution is 2.31. The predicted molar refractivity (Wildman–Crippen MR) is 115 cm³/mol. The van der Waals surface area contributed by atoms with Gasteiger partial charge in [-0.1, -0.05) is 13.0 Å². The van der Waals surface area contributed by atoms with Crippen LogP contribution in [-0.4, -0.2) is 49.1 Å². The molecule has 1 saturated carbocycles. The van der Waals surface area contributed by atoms with E-state index in [0.29, 0.717) is 29.3 Å². The zero-order valence-corrected chi connectivity index (χ0v) is 18.6. The number of carbonyl (C=O) groups is 2. The molecule has 8 nitrogen and oxygen atoms in total. The van der Waals surface area contributed by atoms with E-state index in [4.69, 9.17) is 4.74 Å². The smallest absolute Gasteiger partial charge is 0.324 e. The van der Waals surface area contributed by atoms with Crippen LogP contribution in [0.1, 0.15) is 42.5 Å². The number of ether oxygens (including phenoxy) is 1. The fourth-order valence-corrected chi connectivity index (χ4v) is 5.45. The maximum atomic E-state index is 14.0. The molecule has 0 spiro atoms. The molecule has 1 saturated heterocycles. The van der Waals surface area contributed by atoms with Gasteiger partial charge >= 0.3 is 6.03 Å². The summed E-state index contributed by atoms with van der Waals surface area (Å²) in [6.45, 7) is 2.44. The predicted octanol–water partition coefficient (Wildman–Crippen LogP) is 2.71. The second kappa shape index (κ2) is 8.93. The van der Waals surface area contributed by atoms with Crippen LogP contribution < -0.4 is 10.1 Å². The first-order chi connectivity index (χ1) is 15.2. The summed E-state index contributed by atoms with van der Waals surface area (Å²) in [5, 5.41) is 2.20. The largest absolute Gasteiger partial charge is 0.490 e. The lowest BCUT2D eigenvalue weighted by Crippen LogP contribution is -2.27. The van der Waals surface area contributed by atoms with Crippen LogP contribution in [0.4, 0.5) is 9.18 Å². The Hall–Kier alpha value is -2.88. The number of rotatable bonds is 10. The van der Waals surface area contributed by atoms with E-state index in [0.717, 1.165) is 12.8 Å². The number of hydrogen-bond donors (Lipinski definition) is 2. The van der Waals surface area contributed by atoms with E-state index in [2.05, 4.69) is 10.3 Å². The topological polar surface area (TPSA) is 109 Å². The maximum Gasteiger partial charge on any atom is 0.324 e. The number of urea groups is 1. The Bertz CT molecular complexity index is 1130. The number of nitrogens with zero attached hydrogens (tertiary/aromatic N) is 1. The number of amides is 3. The normalized spacial score (nSPS) is 17.5. The molecule has 0 radical (unpaired) electrons. The Balaban J connectivity index is 1.36. The minimum Gasteiger partial charge on any atom is -0.490 e. The Labute approximate surface area is 186 Å². The fraction of sp³-hybridized carbons (Fsp3) is 0.455. The number of imide groups is 1. The van der Waals surface area contributed by atoms with Crippen molar-refractivity contribution < 1.29 is 27.1 Å². The van der Waals surface area contributed by atoms with Gasteiger partial charge in [-0.05, 0) is 54.0 Å². The van der Waals surface area contributed by atoms with Crippen LogP contribution in [0.5, 0.6) is 5.75 Å². The Morgan fingerprint density at radius 2 is 2.03 bits per heavy atom. The molecule has 0 unspecified atom stereocenters. The van der Waals surface area contributed by atoms with Crippen molar-refractivity contribution in [2.75, 3.05) is 18.9 Å². The summed E-state index contributed by atoms with van der Waals surface area (Å²) < 4.78 is 45.1. The first-order valence-electron chi connectivity index (χ1n) is 10.6. The van der Waals surface area contributed by atoms with Gasteiger partial charge < -0.3 is 14.6 Å². The number of aromatic amines is 1. The number of H-pyrrole nitrogens is 1. The van der Waals surface area contributed by atoms with E-state index < -0.39 is 21.7 Å². The van der Waals surface area contributed by atoms with Crippen molar-refractivity contribution in [1.29, 1.82) is 0 Å². The molecular formula is C22H26FN3O5S. The van der Waals surface area contributed by atoms with Gasteiger partial charge in [0.15, 0.2) is 21.4 Å². The molecule has 1 atom stereocenters. The van der Waals surface area contributed by atoms with Crippen LogP contribution in [0, 0.1) is 11.7 Å². The summed E-state index contributed by atoms with van der Waals surface area (Å²) >= 11 is 0. The average Bonchev–Trinajstić information content (AvgIpc) is 3.36. The van der Waals surface area contributed by atoms with Crippen molar-refractivity contribution in [3.05, 3.63) is 53.1 Å². The highest BCUT2D eigenvalue weighted by Gasteiger charge is 2.27. The molecule has 1 aromatic heterocycles. The summed E-state index contributed by atoms with van der Waals surface area (Å²) in [6, 6.07) is 5.72. The van der Waals surface area contributed by atoms with Gasteiger partial charge in [0.05, 0.1) is 24.7 Å². The van der Waals surface area contributed by atoms with Gasteiger partial charge in [-0.15, -0.1) is 0 Å². The van der Waals surface area contributed by atoms with Crippen LogP contribution in [0.15, 0.2) is 30.5 Å². The van der Waals surface area contributed by atoms with E-state index in [1.807, 2.05) is 0 Å². The summed E-state index contributed by atoms with van der Waals surface area (Å²) in [5.74, 6) is -0.740. The molecule has 172 valence electrons. The fourth-order valence-electron chi connectivity index (χ4n) is 3.70. The second-order valence-corrected chi connectivity index (χ2v) is 10.8. The van der Waals surface area contributed by atoms with Gasteiger partial charge in [-0.3, -0.25) is 10.1 Å². The van der Waals surface area contributed by atoms with E-state index in [-0.39, 0.29) is 42.2 Å². The summed E-state index contributed by atoms with van der Waals surface area (Å²) in [4.78, 5) is 27.2. The number of benzene rings is 1. The molecule has 10 heteroatoms. The third-order valence-corrected chi connectivity index (χ3v) is 7.40. The summed E-state index contributed by atoms with van der Waals surface area (Å²) in [7, 11) is -3.46. The molecule has 0 bridgehead atoms. The van der Waals surface area contributed by atoms with Gasteiger partial charge in [-0.25, -0.2) is 17.6 Å². The second-order valence-electron chi connectivity index (χ2n) is 8.64. The van der Waals surface area contributed by atoms with Crippen LogP contribution in [-0.2, 0) is 26.9 Å². The molecule has 2 fully saturated rings. The molecule has 1 aliphatic heterocycles. The Morgan fingerprint density at radius 1 is 1.25 bits per heavy atom. The summed E-state index contributed by atoms with van der Waals surface area (Å²) in [5.41, 5.74) is 1.93. The van der Waals surface area contributed by atoms with Gasteiger partial charge in [-0.2, -0.15) is 0 Å². The van der Waals surface area contributed by atoms with E-state index in [1.54, 1.807) is 31.3 Å². The van der Waals surface area contributed by atoms with E-state index >= 15 is 0 Å². The molecule has 2 aliphatic rings. The summed E-state index contributed by atoms with van der Waals surface area (Å²) in [6.07, 6.45) is 3.79. The van der Waals surface area contributed by atoms with Gasteiger partial charge in [0, 0.05) is 11.9 Å². The van der Waals surface area contributed by atoms with Gasteiger partial charge in [0.25, 0.3) is 0 Å². The molecule has 2 heterocycles. The molecule has 32 heavy (non-hydrogen) atoms. The zero-order valence-electron chi connectivity index (χ0n) is 17.8. The van der Waals surface area contributed by atoms with Gasteiger partial charge in [0.1, 0.15) is 6.54 Å². The van der Waals surface area contributed by atoms with Crippen molar-refractivity contribution in [2.45, 2.75) is 38.0 Å². The number of halogens is 1. The Kier molecular flexibility index (Phi) is 6.23. The molecule has 2 N–H and O–H groups in total. The minimum absolute atomic E-state index is 0.0208. The molecular weight excluding hydrogens is 437 g/mol. The average molecular weight is 464 g/mol. The van der Waals surface area contributed by atoms with E-state index in [9.17, 15) is 22.4 Å². The third-order valence-electron chi connectivity index (χ3n) is 5.62. The molecule has 4 rings (SSSR count). The standard InChI is InChI=1S/C22H26FN3O5S/c1-14(17-4-5-19(23)20(7-17)31-11-15-2-3-15)12-32(29,30)13-16-6-18(24-8-16)9-26-10-21(27)25-22(26)28/h4-8,14-15,24H,2-3,9-13H2,1H3,(H,25,27,28)/t14-/m0/s1. The number of sulfone groups is 1. The Morgan fingerprint density at radius 3 is 2.72 bits per heavy atom. The third kappa shape index (κ3) is 5.67. The highest BCUT2D eigenvalue weighted by atomic mass is 32.2. The van der Waals surface area contributed by atoms with Crippen LogP contribution >= 0.6 is 0 Å². The number of aromatic nitrogens is 1. The highest BCUT2D eigenvalue weighted by molar-refractivity contribution is 7.90. The molecule has 3 amide bonds. The lowest BCUT2D eigenvalue weighted by molar-refractivity contribution is -0.118. The lowest BCUT2D eigenvalue weighted by atomic mass is 10.0. The minimum atomic E-state index is -3.46. The maximum absolute atomic E-state index is 14.0. The zero-order chi connectivity index (χ0) is 22.9. The first-order valence-corrected chi connectivity index (χ1v) is 12.4. The van der Waals surface area contributed by atoms with Crippen molar-refractivity contribution in [3.63, 3.8) is 0 Å². The first kappa shape index (κ1) is 22.3. The van der Waals surface area contributed by atoms with Crippen LogP contribution in [0.2, 0.25) is 0 Å².